The number of hydrogen-bond acceptors (Lipinski definition) is 3. The van der Waals surface area contributed by atoms with Gasteiger partial charge in [0.15, 0.2) is 5.96 Å². The van der Waals surface area contributed by atoms with Crippen molar-refractivity contribution in [2.24, 2.45) is 10.4 Å². The molecule has 2 N–H and O–H groups in total. The maximum atomic E-state index is 12.6. The van der Waals surface area contributed by atoms with E-state index >= 15 is 0 Å². The van der Waals surface area contributed by atoms with E-state index in [-0.39, 0.29) is 40.0 Å². The van der Waals surface area contributed by atoms with Crippen LogP contribution in [0.15, 0.2) is 4.99 Å². The Morgan fingerprint density at radius 3 is 2.20 bits per heavy atom. The molecule has 1 atom stereocenters. The molecule has 25 heavy (non-hydrogen) atoms. The fraction of sp³-hybridized carbons (Fsp3) is 0.882. The van der Waals surface area contributed by atoms with Crippen LogP contribution < -0.4 is 10.6 Å². The predicted octanol–water partition coefficient (Wildman–Crippen LogP) is 1.97. The second-order valence-electron chi connectivity index (χ2n) is 7.70. The fourth-order valence-electron chi connectivity index (χ4n) is 3.03. The van der Waals surface area contributed by atoms with E-state index in [1.54, 1.807) is 11.9 Å². The molecule has 8 heteroatoms. The van der Waals surface area contributed by atoms with Gasteiger partial charge in [-0.05, 0) is 33.6 Å². The van der Waals surface area contributed by atoms with Gasteiger partial charge in [0, 0.05) is 55.5 Å². The zero-order valence-corrected chi connectivity index (χ0v) is 19.6. The number of nitrogens with zero attached hydrogens (tertiary/aromatic N) is 2. The summed E-state index contributed by atoms with van der Waals surface area (Å²) >= 11 is 0. The maximum Gasteiger partial charge on any atom is 0.230 e. The lowest BCUT2D eigenvalue weighted by Crippen LogP contribution is -2.49. The first-order valence-corrected chi connectivity index (χ1v) is 9.99. The Morgan fingerprint density at radius 2 is 1.76 bits per heavy atom. The van der Waals surface area contributed by atoms with Crippen molar-refractivity contribution in [3.05, 3.63) is 0 Å². The first kappa shape index (κ1) is 24.6. The van der Waals surface area contributed by atoms with E-state index in [9.17, 15) is 9.00 Å². The predicted molar refractivity (Wildman–Crippen MR) is 117 cm³/mol. The van der Waals surface area contributed by atoms with Crippen molar-refractivity contribution in [1.82, 2.24) is 15.5 Å². The summed E-state index contributed by atoms with van der Waals surface area (Å²) in [5.41, 5.74) is -0.324. The Kier molecular flexibility index (Phi) is 10.5. The number of nitrogens with one attached hydrogen (secondary N) is 2. The molecule has 1 unspecified atom stereocenters. The molecule has 1 amide bonds. The number of hydrogen-bond donors (Lipinski definition) is 2. The minimum atomic E-state index is -0.890. The highest BCUT2D eigenvalue weighted by atomic mass is 127. The van der Waals surface area contributed by atoms with Crippen molar-refractivity contribution in [2.75, 3.05) is 40.0 Å². The van der Waals surface area contributed by atoms with Crippen molar-refractivity contribution in [2.45, 2.75) is 51.2 Å². The molecule has 0 aromatic carbocycles. The van der Waals surface area contributed by atoms with Gasteiger partial charge in [0.25, 0.3) is 0 Å². The van der Waals surface area contributed by atoms with Gasteiger partial charge in [0.2, 0.25) is 5.91 Å². The highest BCUT2D eigenvalue weighted by Crippen LogP contribution is 2.38. The van der Waals surface area contributed by atoms with E-state index < -0.39 is 10.8 Å². The number of rotatable bonds is 6. The van der Waals surface area contributed by atoms with Crippen molar-refractivity contribution in [3.8, 4) is 0 Å². The average Bonchev–Trinajstić information content (AvgIpc) is 2.98. The van der Waals surface area contributed by atoms with E-state index in [4.69, 9.17) is 0 Å². The first-order chi connectivity index (χ1) is 11.1. The molecule has 0 radical (unpaired) electrons. The van der Waals surface area contributed by atoms with Crippen LogP contribution in [0.1, 0.15) is 46.5 Å². The molecule has 1 rings (SSSR count). The van der Waals surface area contributed by atoms with Crippen LogP contribution in [0.2, 0.25) is 0 Å². The number of carbonyl (C=O) groups excluding carboxylic acids is 1. The number of aliphatic imine (C=N–C) groups is 1. The Balaban J connectivity index is 0.00000576. The molecule has 6 nitrogen and oxygen atoms in total. The summed E-state index contributed by atoms with van der Waals surface area (Å²) in [5.74, 6) is 1.43. The van der Waals surface area contributed by atoms with Crippen LogP contribution in [0.5, 0.6) is 0 Å². The summed E-state index contributed by atoms with van der Waals surface area (Å²) in [5, 5.41) is 6.50. The molecular formula is C17H35IN4O2S. The lowest BCUT2D eigenvalue weighted by molar-refractivity contribution is -0.138. The molecule has 0 bridgehead atoms. The monoisotopic (exact) mass is 486 g/mol. The highest BCUT2D eigenvalue weighted by Gasteiger charge is 2.42. The van der Waals surface area contributed by atoms with Crippen LogP contribution in [-0.2, 0) is 15.6 Å². The van der Waals surface area contributed by atoms with E-state index in [1.807, 2.05) is 34.9 Å². The SMILES string of the molecule is CN=C(NCCS(=O)C(C)(C)C)NCC1(C(=O)N(C)C)CCCC1.I. The van der Waals surface area contributed by atoms with Gasteiger partial charge in [0.05, 0.1) is 5.41 Å². The third kappa shape index (κ3) is 7.40. The Hall–Kier alpha value is -0.380. The molecule has 1 aliphatic rings. The molecule has 1 aliphatic carbocycles. The zero-order valence-electron chi connectivity index (χ0n) is 16.5. The van der Waals surface area contributed by atoms with E-state index in [0.29, 0.717) is 24.8 Å². The molecule has 0 spiro atoms. The number of guanidine groups is 1. The van der Waals surface area contributed by atoms with Crippen molar-refractivity contribution >= 4 is 46.6 Å². The maximum absolute atomic E-state index is 12.6. The molecule has 0 aromatic rings. The molecule has 148 valence electrons. The van der Waals surface area contributed by atoms with E-state index in [2.05, 4.69) is 15.6 Å². The minimum Gasteiger partial charge on any atom is -0.355 e. The normalized spacial score (nSPS) is 18.2. The Labute approximate surface area is 172 Å². The van der Waals surface area contributed by atoms with Gasteiger partial charge in [-0.3, -0.25) is 14.0 Å². The largest absolute Gasteiger partial charge is 0.355 e. The molecule has 0 aromatic heterocycles. The van der Waals surface area contributed by atoms with Crippen molar-refractivity contribution < 1.29 is 9.00 Å². The molecule has 0 aliphatic heterocycles. The van der Waals surface area contributed by atoms with Crippen LogP contribution in [0.25, 0.3) is 0 Å². The summed E-state index contributed by atoms with van der Waals surface area (Å²) in [6.07, 6.45) is 4.03. The zero-order chi connectivity index (χ0) is 18.4. The summed E-state index contributed by atoms with van der Waals surface area (Å²) in [6, 6.07) is 0. The van der Waals surface area contributed by atoms with Crippen LogP contribution in [0, 0.1) is 5.41 Å². The number of halogens is 1. The molecule has 0 heterocycles. The summed E-state index contributed by atoms with van der Waals surface area (Å²) in [4.78, 5) is 18.5. The molecule has 1 fully saturated rings. The standard InChI is InChI=1S/C17H34N4O2S.HI/c1-16(2,3)24(23)12-11-19-15(18-4)20-13-17(9-7-8-10-17)14(22)21(5)6;/h7-13H2,1-6H3,(H2,18,19,20);1H. The summed E-state index contributed by atoms with van der Waals surface area (Å²) in [7, 11) is 4.46. The van der Waals surface area contributed by atoms with Gasteiger partial charge in [-0.15, -0.1) is 24.0 Å². The lowest BCUT2D eigenvalue weighted by Gasteiger charge is -2.31. The highest BCUT2D eigenvalue weighted by molar-refractivity contribution is 14.0. The van der Waals surface area contributed by atoms with Gasteiger partial charge >= 0.3 is 0 Å². The lowest BCUT2D eigenvalue weighted by atomic mass is 9.84. The third-order valence-electron chi connectivity index (χ3n) is 4.50. The van der Waals surface area contributed by atoms with E-state index in [0.717, 1.165) is 25.7 Å². The van der Waals surface area contributed by atoms with Crippen LogP contribution in [0.4, 0.5) is 0 Å². The van der Waals surface area contributed by atoms with Gasteiger partial charge in [-0.1, -0.05) is 12.8 Å². The van der Waals surface area contributed by atoms with Crippen LogP contribution >= 0.6 is 24.0 Å². The average molecular weight is 486 g/mol. The smallest absolute Gasteiger partial charge is 0.230 e. The molecule has 1 saturated carbocycles. The molecular weight excluding hydrogens is 451 g/mol. The van der Waals surface area contributed by atoms with Gasteiger partial charge in [0.1, 0.15) is 0 Å². The first-order valence-electron chi connectivity index (χ1n) is 8.67. The van der Waals surface area contributed by atoms with Crippen molar-refractivity contribution in [1.29, 1.82) is 0 Å². The van der Waals surface area contributed by atoms with Gasteiger partial charge in [-0.2, -0.15) is 0 Å². The molecule has 0 saturated heterocycles. The van der Waals surface area contributed by atoms with Crippen LogP contribution in [0.3, 0.4) is 0 Å². The number of amides is 1. The van der Waals surface area contributed by atoms with Crippen molar-refractivity contribution in [3.63, 3.8) is 0 Å². The third-order valence-corrected chi connectivity index (χ3v) is 6.44. The topological polar surface area (TPSA) is 73.8 Å². The van der Waals surface area contributed by atoms with E-state index in [1.165, 1.54) is 0 Å². The second-order valence-corrected chi connectivity index (χ2v) is 10.0. The second kappa shape index (κ2) is 10.7. The number of carbonyl (C=O) groups is 1. The Morgan fingerprint density at radius 1 is 1.20 bits per heavy atom. The Bertz CT molecular complexity index is 484. The quantitative estimate of drug-likeness (QED) is 0.342. The summed E-state index contributed by atoms with van der Waals surface area (Å²) < 4.78 is 11.9. The summed E-state index contributed by atoms with van der Waals surface area (Å²) in [6.45, 7) is 7.12. The van der Waals surface area contributed by atoms with Gasteiger partial charge < -0.3 is 15.5 Å². The van der Waals surface area contributed by atoms with Crippen LogP contribution in [-0.4, -0.2) is 65.7 Å². The van der Waals surface area contributed by atoms with Gasteiger partial charge in [-0.25, -0.2) is 0 Å². The minimum absolute atomic E-state index is 0. The fourth-order valence-corrected chi connectivity index (χ4v) is 3.93.